The first-order valence-electron chi connectivity index (χ1n) is 5.17. The number of hydrogen-bond donors (Lipinski definition) is 2. The number of benzene rings is 1. The van der Waals surface area contributed by atoms with Gasteiger partial charge in [0.1, 0.15) is 17.5 Å². The van der Waals surface area contributed by atoms with Crippen molar-refractivity contribution in [1.82, 2.24) is 15.2 Å². The summed E-state index contributed by atoms with van der Waals surface area (Å²) < 4.78 is 26.1. The van der Waals surface area contributed by atoms with Gasteiger partial charge in [0.05, 0.1) is 6.04 Å². The predicted molar refractivity (Wildman–Crippen MR) is 58.1 cm³/mol. The first kappa shape index (κ1) is 11.7. The molecule has 0 fully saturated rings. The highest BCUT2D eigenvalue weighted by atomic mass is 19.1. The summed E-state index contributed by atoms with van der Waals surface area (Å²) in [6.45, 7) is 1.76. The Morgan fingerprint density at radius 3 is 2.76 bits per heavy atom. The first-order chi connectivity index (χ1) is 8.06. The van der Waals surface area contributed by atoms with Gasteiger partial charge in [0.2, 0.25) is 0 Å². The average molecular weight is 238 g/mol. The number of aromatic nitrogens is 3. The minimum absolute atomic E-state index is 0.228. The number of halogens is 2. The summed E-state index contributed by atoms with van der Waals surface area (Å²) >= 11 is 0. The SMILES string of the molecule is CC(N)c1n[nH]c(Cc2ccc(F)cc2F)n1. The number of nitrogens with one attached hydrogen (secondary N) is 1. The molecule has 2 rings (SSSR count). The van der Waals surface area contributed by atoms with Crippen molar-refractivity contribution in [3.63, 3.8) is 0 Å². The van der Waals surface area contributed by atoms with Crippen molar-refractivity contribution >= 4 is 0 Å². The Bertz CT molecular complexity index is 522. The van der Waals surface area contributed by atoms with Gasteiger partial charge >= 0.3 is 0 Å². The van der Waals surface area contributed by atoms with Crippen LogP contribution in [-0.2, 0) is 6.42 Å². The van der Waals surface area contributed by atoms with E-state index in [1.54, 1.807) is 6.92 Å². The van der Waals surface area contributed by atoms with Crippen molar-refractivity contribution < 1.29 is 8.78 Å². The van der Waals surface area contributed by atoms with Crippen molar-refractivity contribution in [1.29, 1.82) is 0 Å². The van der Waals surface area contributed by atoms with Crippen LogP contribution in [0.4, 0.5) is 8.78 Å². The third-order valence-corrected chi connectivity index (χ3v) is 2.33. The maximum atomic E-state index is 13.4. The Balaban J connectivity index is 2.19. The molecule has 1 heterocycles. The summed E-state index contributed by atoms with van der Waals surface area (Å²) in [6, 6.07) is 3.16. The van der Waals surface area contributed by atoms with Crippen molar-refractivity contribution in [3.05, 3.63) is 47.0 Å². The van der Waals surface area contributed by atoms with Crippen molar-refractivity contribution in [2.24, 2.45) is 5.73 Å². The smallest absolute Gasteiger partial charge is 0.167 e. The molecule has 0 saturated carbocycles. The van der Waals surface area contributed by atoms with E-state index in [2.05, 4.69) is 15.2 Å². The third-order valence-electron chi connectivity index (χ3n) is 2.33. The molecule has 1 aromatic heterocycles. The molecule has 0 saturated heterocycles. The van der Waals surface area contributed by atoms with Gasteiger partial charge in [-0.1, -0.05) is 6.07 Å². The van der Waals surface area contributed by atoms with Crippen molar-refractivity contribution in [2.75, 3.05) is 0 Å². The highest BCUT2D eigenvalue weighted by Crippen LogP contribution is 2.13. The molecule has 0 aliphatic heterocycles. The molecule has 17 heavy (non-hydrogen) atoms. The van der Waals surface area contributed by atoms with Crippen LogP contribution in [-0.4, -0.2) is 15.2 Å². The average Bonchev–Trinajstić information content (AvgIpc) is 2.71. The summed E-state index contributed by atoms with van der Waals surface area (Å²) in [5.41, 5.74) is 5.96. The summed E-state index contributed by atoms with van der Waals surface area (Å²) in [4.78, 5) is 4.12. The summed E-state index contributed by atoms with van der Waals surface area (Å²) in [7, 11) is 0. The van der Waals surface area contributed by atoms with E-state index < -0.39 is 11.6 Å². The molecule has 0 aliphatic carbocycles. The van der Waals surface area contributed by atoms with E-state index in [4.69, 9.17) is 5.73 Å². The van der Waals surface area contributed by atoms with E-state index in [0.29, 0.717) is 17.2 Å². The lowest BCUT2D eigenvalue weighted by Crippen LogP contribution is -2.07. The van der Waals surface area contributed by atoms with E-state index >= 15 is 0 Å². The van der Waals surface area contributed by atoms with Crippen LogP contribution in [0.25, 0.3) is 0 Å². The molecule has 0 aliphatic rings. The Morgan fingerprint density at radius 1 is 1.41 bits per heavy atom. The number of H-pyrrole nitrogens is 1. The number of nitrogens with zero attached hydrogens (tertiary/aromatic N) is 2. The van der Waals surface area contributed by atoms with Crippen molar-refractivity contribution in [3.8, 4) is 0 Å². The zero-order chi connectivity index (χ0) is 12.4. The second-order valence-electron chi connectivity index (χ2n) is 3.84. The molecule has 1 atom stereocenters. The molecular weight excluding hydrogens is 226 g/mol. The minimum atomic E-state index is -0.597. The topological polar surface area (TPSA) is 67.6 Å². The second kappa shape index (κ2) is 4.58. The van der Waals surface area contributed by atoms with Crippen LogP contribution < -0.4 is 5.73 Å². The van der Waals surface area contributed by atoms with Crippen LogP contribution in [0.5, 0.6) is 0 Å². The predicted octanol–water partition coefficient (Wildman–Crippen LogP) is 1.69. The van der Waals surface area contributed by atoms with Gasteiger partial charge in [-0.25, -0.2) is 13.8 Å². The molecule has 1 unspecified atom stereocenters. The lowest BCUT2D eigenvalue weighted by Gasteiger charge is -2.00. The zero-order valence-corrected chi connectivity index (χ0v) is 9.24. The molecule has 0 spiro atoms. The molecule has 4 nitrogen and oxygen atoms in total. The standard InChI is InChI=1S/C11H12F2N4/c1-6(14)11-15-10(16-17-11)4-7-2-3-8(12)5-9(7)13/h2-3,5-6H,4,14H2,1H3,(H,15,16,17). The Hall–Kier alpha value is -1.82. The largest absolute Gasteiger partial charge is 0.321 e. The Labute approximate surface area is 96.9 Å². The second-order valence-corrected chi connectivity index (χ2v) is 3.84. The van der Waals surface area contributed by atoms with Crippen LogP contribution in [0.15, 0.2) is 18.2 Å². The molecule has 90 valence electrons. The normalized spacial score (nSPS) is 12.7. The Morgan fingerprint density at radius 2 is 2.18 bits per heavy atom. The number of nitrogens with two attached hydrogens (primary N) is 1. The molecule has 2 aromatic rings. The number of rotatable bonds is 3. The lowest BCUT2D eigenvalue weighted by atomic mass is 10.1. The van der Waals surface area contributed by atoms with Gasteiger partial charge in [-0.3, -0.25) is 5.10 Å². The molecule has 0 bridgehead atoms. The fourth-order valence-corrected chi connectivity index (χ4v) is 1.44. The van der Waals surface area contributed by atoms with Gasteiger partial charge in [0.15, 0.2) is 5.82 Å². The first-order valence-corrected chi connectivity index (χ1v) is 5.17. The molecule has 6 heteroatoms. The van der Waals surface area contributed by atoms with Gasteiger partial charge in [-0.15, -0.1) is 0 Å². The van der Waals surface area contributed by atoms with Gasteiger partial charge < -0.3 is 5.73 Å². The molecular formula is C11H12F2N4. The van der Waals surface area contributed by atoms with Crippen LogP contribution in [0.2, 0.25) is 0 Å². The van der Waals surface area contributed by atoms with Crippen LogP contribution in [0.1, 0.15) is 30.2 Å². The van der Waals surface area contributed by atoms with E-state index in [1.165, 1.54) is 12.1 Å². The van der Waals surface area contributed by atoms with E-state index in [0.717, 1.165) is 6.07 Å². The third kappa shape index (κ3) is 2.65. The lowest BCUT2D eigenvalue weighted by molar-refractivity contribution is 0.573. The van der Waals surface area contributed by atoms with Gasteiger partial charge in [-0.05, 0) is 18.6 Å². The number of hydrogen-bond acceptors (Lipinski definition) is 3. The summed E-state index contributed by atoms with van der Waals surface area (Å²) in [5.74, 6) is -0.214. The molecule has 0 radical (unpaired) electrons. The highest BCUT2D eigenvalue weighted by molar-refractivity contribution is 5.21. The minimum Gasteiger partial charge on any atom is -0.321 e. The van der Waals surface area contributed by atoms with Gasteiger partial charge in [-0.2, -0.15) is 5.10 Å². The van der Waals surface area contributed by atoms with E-state index in [1.807, 2.05) is 0 Å². The van der Waals surface area contributed by atoms with Crippen molar-refractivity contribution in [2.45, 2.75) is 19.4 Å². The maximum absolute atomic E-state index is 13.4. The van der Waals surface area contributed by atoms with E-state index in [9.17, 15) is 8.78 Å². The zero-order valence-electron chi connectivity index (χ0n) is 9.24. The van der Waals surface area contributed by atoms with Crippen LogP contribution in [0, 0.1) is 11.6 Å². The van der Waals surface area contributed by atoms with E-state index in [-0.39, 0.29) is 12.5 Å². The summed E-state index contributed by atoms with van der Waals surface area (Å²) in [6.07, 6.45) is 0.228. The Kier molecular flexibility index (Phi) is 3.14. The van der Waals surface area contributed by atoms with Crippen LogP contribution >= 0.6 is 0 Å². The number of aromatic amines is 1. The quantitative estimate of drug-likeness (QED) is 0.855. The fourth-order valence-electron chi connectivity index (χ4n) is 1.44. The molecule has 1 aromatic carbocycles. The monoisotopic (exact) mass is 238 g/mol. The molecule has 3 N–H and O–H groups in total. The molecule has 0 amide bonds. The fraction of sp³-hybridized carbons (Fsp3) is 0.273. The van der Waals surface area contributed by atoms with Gasteiger partial charge in [0.25, 0.3) is 0 Å². The van der Waals surface area contributed by atoms with Crippen LogP contribution in [0.3, 0.4) is 0 Å². The summed E-state index contributed by atoms with van der Waals surface area (Å²) in [5, 5.41) is 6.58. The van der Waals surface area contributed by atoms with Gasteiger partial charge in [0, 0.05) is 12.5 Å². The highest BCUT2D eigenvalue weighted by Gasteiger charge is 2.10. The maximum Gasteiger partial charge on any atom is 0.167 e.